The number of hydrogen-bond acceptors (Lipinski definition) is 5. The lowest BCUT2D eigenvalue weighted by molar-refractivity contribution is 0.139. The standard InChI is InChI=1S/C22H33N5O2/c1-2-17-6-3-4-13-26(17)14-15-27-18-7-5-8-19(29-22(23)28)20(18)25-21(27)16-9-11-24-12-10-16/h5,7-8,16-17,24H,2-4,6,9-15H2,1H3,(H2,23,28). The lowest BCUT2D eigenvalue weighted by Crippen LogP contribution is -2.41. The molecule has 3 N–H and O–H groups in total. The number of piperidine rings is 2. The molecule has 0 radical (unpaired) electrons. The third kappa shape index (κ3) is 4.41. The van der Waals surface area contributed by atoms with Crippen LogP contribution in [-0.2, 0) is 6.54 Å². The molecule has 158 valence electrons. The Morgan fingerprint density at radius 2 is 2.07 bits per heavy atom. The van der Waals surface area contributed by atoms with Gasteiger partial charge in [0.05, 0.1) is 5.52 Å². The SMILES string of the molecule is CCC1CCCCN1CCn1c(C2CCNCC2)nc2c(OC(N)=O)cccc21. The Kier molecular flexibility index (Phi) is 6.35. The fourth-order valence-corrected chi connectivity index (χ4v) is 5.00. The molecule has 0 bridgehead atoms. The van der Waals surface area contributed by atoms with E-state index in [-0.39, 0.29) is 0 Å². The van der Waals surface area contributed by atoms with E-state index < -0.39 is 6.09 Å². The van der Waals surface area contributed by atoms with Gasteiger partial charge in [-0.1, -0.05) is 19.4 Å². The summed E-state index contributed by atoms with van der Waals surface area (Å²) in [5.74, 6) is 1.99. The fourth-order valence-electron chi connectivity index (χ4n) is 5.00. The van der Waals surface area contributed by atoms with Crippen molar-refractivity contribution in [1.82, 2.24) is 19.8 Å². The molecular weight excluding hydrogens is 366 g/mol. The maximum absolute atomic E-state index is 11.4. The number of hydrogen-bond donors (Lipinski definition) is 2. The number of imidazole rings is 1. The summed E-state index contributed by atoms with van der Waals surface area (Å²) in [4.78, 5) is 19.0. The number of rotatable bonds is 6. The van der Waals surface area contributed by atoms with E-state index in [2.05, 4.69) is 27.8 Å². The molecule has 2 aliphatic rings. The molecule has 1 unspecified atom stereocenters. The molecule has 7 heteroatoms. The predicted molar refractivity (Wildman–Crippen MR) is 114 cm³/mol. The second kappa shape index (κ2) is 9.13. The van der Waals surface area contributed by atoms with Crippen LogP contribution in [-0.4, -0.2) is 52.8 Å². The second-order valence-corrected chi connectivity index (χ2v) is 8.28. The van der Waals surface area contributed by atoms with Gasteiger partial charge in [0.25, 0.3) is 0 Å². The van der Waals surface area contributed by atoms with Crippen molar-refractivity contribution in [2.24, 2.45) is 5.73 Å². The summed E-state index contributed by atoms with van der Waals surface area (Å²) in [6.07, 6.45) is 6.51. The number of ether oxygens (including phenoxy) is 1. The normalized spacial score (nSPS) is 21.5. The van der Waals surface area contributed by atoms with Crippen molar-refractivity contribution in [3.63, 3.8) is 0 Å². The van der Waals surface area contributed by atoms with E-state index in [1.54, 1.807) is 6.07 Å². The number of nitrogens with zero attached hydrogens (tertiary/aromatic N) is 3. The van der Waals surface area contributed by atoms with Gasteiger partial charge in [-0.2, -0.15) is 0 Å². The Labute approximate surface area is 172 Å². The molecule has 0 saturated carbocycles. The largest absolute Gasteiger partial charge is 0.410 e. The van der Waals surface area contributed by atoms with Gasteiger partial charge in [-0.3, -0.25) is 4.90 Å². The number of fused-ring (bicyclic) bond motifs is 1. The van der Waals surface area contributed by atoms with Crippen LogP contribution >= 0.6 is 0 Å². The van der Waals surface area contributed by atoms with Crippen LogP contribution in [0.1, 0.15) is 57.2 Å². The summed E-state index contributed by atoms with van der Waals surface area (Å²) in [7, 11) is 0. The van der Waals surface area contributed by atoms with Crippen molar-refractivity contribution in [2.75, 3.05) is 26.2 Å². The summed E-state index contributed by atoms with van der Waals surface area (Å²) >= 11 is 0. The zero-order valence-corrected chi connectivity index (χ0v) is 17.4. The first kappa shape index (κ1) is 20.2. The van der Waals surface area contributed by atoms with Crippen LogP contribution in [0.25, 0.3) is 11.0 Å². The molecule has 1 amide bonds. The molecule has 2 saturated heterocycles. The Hall–Kier alpha value is -2.12. The highest BCUT2D eigenvalue weighted by atomic mass is 16.5. The van der Waals surface area contributed by atoms with Crippen molar-refractivity contribution >= 4 is 17.1 Å². The van der Waals surface area contributed by atoms with Crippen molar-refractivity contribution < 1.29 is 9.53 Å². The fraction of sp³-hybridized carbons (Fsp3) is 0.636. The number of aromatic nitrogens is 2. The molecule has 29 heavy (non-hydrogen) atoms. The Balaban J connectivity index is 1.66. The molecule has 2 fully saturated rings. The number of carbonyl (C=O) groups is 1. The molecule has 1 aromatic carbocycles. The van der Waals surface area contributed by atoms with Gasteiger partial charge < -0.3 is 20.4 Å². The molecule has 0 spiro atoms. The van der Waals surface area contributed by atoms with Gasteiger partial charge in [0, 0.05) is 25.0 Å². The van der Waals surface area contributed by atoms with Crippen LogP contribution in [0.2, 0.25) is 0 Å². The number of nitrogens with one attached hydrogen (secondary N) is 1. The molecule has 4 rings (SSSR count). The van der Waals surface area contributed by atoms with Gasteiger partial charge in [0.2, 0.25) is 0 Å². The van der Waals surface area contributed by atoms with Crippen LogP contribution in [0, 0.1) is 0 Å². The van der Waals surface area contributed by atoms with E-state index >= 15 is 0 Å². The smallest absolute Gasteiger partial charge is 0.408 e. The highest BCUT2D eigenvalue weighted by Crippen LogP contribution is 2.32. The maximum Gasteiger partial charge on any atom is 0.410 e. The van der Waals surface area contributed by atoms with Gasteiger partial charge in [0.15, 0.2) is 5.75 Å². The number of likely N-dealkylation sites (tertiary alicyclic amines) is 1. The maximum atomic E-state index is 11.4. The van der Waals surface area contributed by atoms with E-state index in [9.17, 15) is 4.79 Å². The Morgan fingerprint density at radius 1 is 1.24 bits per heavy atom. The third-order valence-electron chi connectivity index (χ3n) is 6.52. The van der Waals surface area contributed by atoms with Crippen LogP contribution in [0.4, 0.5) is 4.79 Å². The number of para-hydroxylation sites is 1. The lowest BCUT2D eigenvalue weighted by atomic mass is 9.97. The van der Waals surface area contributed by atoms with E-state index in [1.165, 1.54) is 32.2 Å². The first-order valence-electron chi connectivity index (χ1n) is 11.1. The van der Waals surface area contributed by atoms with Crippen molar-refractivity contribution in [3.8, 4) is 5.75 Å². The first-order valence-corrected chi connectivity index (χ1v) is 11.1. The van der Waals surface area contributed by atoms with E-state index in [0.717, 1.165) is 55.9 Å². The summed E-state index contributed by atoms with van der Waals surface area (Å²) in [5.41, 5.74) is 7.05. The van der Waals surface area contributed by atoms with Gasteiger partial charge in [-0.25, -0.2) is 9.78 Å². The third-order valence-corrected chi connectivity index (χ3v) is 6.52. The molecule has 2 aromatic rings. The summed E-state index contributed by atoms with van der Waals surface area (Å²) in [5, 5.41) is 3.44. The minimum atomic E-state index is -0.797. The zero-order chi connectivity index (χ0) is 20.2. The summed E-state index contributed by atoms with van der Waals surface area (Å²) in [6.45, 7) is 7.45. The molecule has 1 atom stereocenters. The zero-order valence-electron chi connectivity index (χ0n) is 17.4. The highest BCUT2D eigenvalue weighted by Gasteiger charge is 2.26. The van der Waals surface area contributed by atoms with Crippen molar-refractivity contribution in [2.45, 2.75) is 64.0 Å². The number of benzene rings is 1. The second-order valence-electron chi connectivity index (χ2n) is 8.28. The van der Waals surface area contributed by atoms with Crippen LogP contribution in [0.3, 0.4) is 0 Å². The molecule has 1 aromatic heterocycles. The summed E-state index contributed by atoms with van der Waals surface area (Å²) in [6, 6.07) is 6.46. The lowest BCUT2D eigenvalue weighted by Gasteiger charge is -2.35. The average molecular weight is 400 g/mol. The molecule has 0 aliphatic carbocycles. The molecule has 3 heterocycles. The monoisotopic (exact) mass is 399 g/mol. The van der Waals surface area contributed by atoms with Crippen LogP contribution in [0.15, 0.2) is 18.2 Å². The van der Waals surface area contributed by atoms with Crippen LogP contribution < -0.4 is 15.8 Å². The topological polar surface area (TPSA) is 85.4 Å². The van der Waals surface area contributed by atoms with Crippen molar-refractivity contribution in [3.05, 3.63) is 24.0 Å². The van der Waals surface area contributed by atoms with Crippen molar-refractivity contribution in [1.29, 1.82) is 0 Å². The van der Waals surface area contributed by atoms with Gasteiger partial charge >= 0.3 is 6.09 Å². The minimum Gasteiger partial charge on any atom is -0.408 e. The minimum absolute atomic E-state index is 0.424. The molecular formula is C22H33N5O2. The average Bonchev–Trinajstić information content (AvgIpc) is 3.12. The quantitative estimate of drug-likeness (QED) is 0.779. The number of carbonyl (C=O) groups excluding carboxylic acids is 1. The van der Waals surface area contributed by atoms with Gasteiger partial charge in [-0.05, 0) is 63.9 Å². The Morgan fingerprint density at radius 3 is 2.83 bits per heavy atom. The predicted octanol–water partition coefficient (Wildman–Crippen LogP) is 3.23. The Bertz CT molecular complexity index is 843. The molecule has 7 nitrogen and oxygen atoms in total. The number of nitrogens with two attached hydrogens (primary N) is 1. The van der Waals surface area contributed by atoms with Gasteiger partial charge in [-0.15, -0.1) is 0 Å². The summed E-state index contributed by atoms with van der Waals surface area (Å²) < 4.78 is 7.61. The highest BCUT2D eigenvalue weighted by molar-refractivity contribution is 5.85. The van der Waals surface area contributed by atoms with Gasteiger partial charge in [0.1, 0.15) is 11.3 Å². The first-order chi connectivity index (χ1) is 14.2. The molecule has 2 aliphatic heterocycles. The van der Waals surface area contributed by atoms with E-state index in [0.29, 0.717) is 17.7 Å². The van der Waals surface area contributed by atoms with E-state index in [1.807, 2.05) is 6.07 Å². The number of primary amides is 1. The van der Waals surface area contributed by atoms with Crippen LogP contribution in [0.5, 0.6) is 5.75 Å². The number of amides is 1. The van der Waals surface area contributed by atoms with E-state index in [4.69, 9.17) is 15.5 Å².